The Labute approximate surface area is 217 Å². The number of fused-ring (bicyclic) bond motifs is 1. The summed E-state index contributed by atoms with van der Waals surface area (Å²) in [5.74, 6) is -0.350. The van der Waals surface area contributed by atoms with E-state index in [1.165, 1.54) is 7.11 Å². The largest absolute Gasteiger partial charge is 0.469 e. The molecule has 192 valence electrons. The number of hydrogen-bond acceptors (Lipinski definition) is 7. The van der Waals surface area contributed by atoms with Crippen LogP contribution in [0.4, 0.5) is 11.4 Å². The third-order valence-electron chi connectivity index (χ3n) is 5.77. The van der Waals surface area contributed by atoms with Crippen molar-refractivity contribution in [1.82, 2.24) is 25.6 Å². The van der Waals surface area contributed by atoms with Gasteiger partial charge in [-0.1, -0.05) is 36.6 Å². The minimum atomic E-state index is -0.378. The van der Waals surface area contributed by atoms with Gasteiger partial charge in [0.2, 0.25) is 5.91 Å². The minimum absolute atomic E-state index is 0.118. The molecule has 0 aliphatic carbocycles. The molecule has 0 bridgehead atoms. The van der Waals surface area contributed by atoms with E-state index in [2.05, 4.69) is 41.0 Å². The highest BCUT2D eigenvalue weighted by atomic mass is 35.5. The Morgan fingerprint density at radius 2 is 1.78 bits per heavy atom. The predicted octanol–water partition coefficient (Wildman–Crippen LogP) is 4.71. The average Bonchev–Trinajstić information content (AvgIpc) is 3.58. The van der Waals surface area contributed by atoms with Crippen molar-refractivity contribution >= 4 is 51.7 Å². The van der Waals surface area contributed by atoms with Crippen LogP contribution in [0.5, 0.6) is 0 Å². The van der Waals surface area contributed by atoms with Gasteiger partial charge in [0, 0.05) is 28.8 Å². The van der Waals surface area contributed by atoms with Gasteiger partial charge >= 0.3 is 5.97 Å². The third kappa shape index (κ3) is 6.70. The van der Waals surface area contributed by atoms with Crippen molar-refractivity contribution in [3.63, 3.8) is 0 Å². The van der Waals surface area contributed by atoms with Crippen LogP contribution < -0.4 is 10.6 Å². The molecule has 4 N–H and O–H groups in total. The molecule has 0 fully saturated rings. The monoisotopic (exact) mass is 523 g/mol. The highest BCUT2D eigenvalue weighted by Gasteiger charge is 2.16. The van der Waals surface area contributed by atoms with E-state index in [-0.39, 0.29) is 17.8 Å². The van der Waals surface area contributed by atoms with Gasteiger partial charge in [0.15, 0.2) is 5.82 Å². The van der Waals surface area contributed by atoms with Crippen LogP contribution in [0.3, 0.4) is 0 Å². The average molecular weight is 524 g/mol. The van der Waals surface area contributed by atoms with Crippen molar-refractivity contribution in [1.29, 1.82) is 0 Å². The molecule has 2 amide bonds. The zero-order valence-corrected chi connectivity index (χ0v) is 20.9. The van der Waals surface area contributed by atoms with E-state index in [1.807, 2.05) is 12.1 Å². The van der Waals surface area contributed by atoms with Crippen LogP contribution in [0.2, 0.25) is 5.02 Å². The summed E-state index contributed by atoms with van der Waals surface area (Å²) in [7, 11) is 1.38. The second kappa shape index (κ2) is 12.1. The molecule has 2 heterocycles. The number of hydrogen-bond donors (Lipinski definition) is 4. The van der Waals surface area contributed by atoms with Crippen LogP contribution in [-0.4, -0.2) is 50.5 Å². The first-order chi connectivity index (χ1) is 17.9. The zero-order chi connectivity index (χ0) is 26.2. The predicted molar refractivity (Wildman–Crippen MR) is 139 cm³/mol. The van der Waals surface area contributed by atoms with E-state index in [0.717, 1.165) is 24.6 Å². The second-order valence-corrected chi connectivity index (χ2v) is 8.82. The number of halogens is 1. The maximum absolute atomic E-state index is 13.1. The van der Waals surface area contributed by atoms with Crippen LogP contribution in [0.25, 0.3) is 22.3 Å². The molecule has 0 aliphatic rings. The lowest BCUT2D eigenvalue weighted by Gasteiger charge is -2.09. The Hall–Kier alpha value is -4.25. The molecular weight excluding hydrogens is 498 g/mol. The summed E-state index contributed by atoms with van der Waals surface area (Å²) in [5.41, 5.74) is 2.58. The van der Waals surface area contributed by atoms with E-state index in [1.54, 1.807) is 30.3 Å². The molecule has 11 nitrogen and oxygen atoms in total. The molecule has 0 saturated carbocycles. The number of carbonyl (C=O) groups is 3. The van der Waals surface area contributed by atoms with Crippen molar-refractivity contribution in [3.05, 3.63) is 53.2 Å². The Morgan fingerprint density at radius 3 is 2.54 bits per heavy atom. The van der Waals surface area contributed by atoms with Crippen molar-refractivity contribution < 1.29 is 19.1 Å². The maximum atomic E-state index is 13.1. The molecule has 12 heteroatoms. The fourth-order valence-electron chi connectivity index (χ4n) is 3.89. The van der Waals surface area contributed by atoms with Gasteiger partial charge in [-0.3, -0.25) is 14.4 Å². The number of nitrogens with one attached hydrogen (secondary N) is 4. The Kier molecular flexibility index (Phi) is 8.47. The number of nitrogens with zero attached hydrogens (tertiary/aromatic N) is 3. The number of tetrazole rings is 1. The molecule has 0 aliphatic heterocycles. The van der Waals surface area contributed by atoms with Gasteiger partial charge in [-0.15, -0.1) is 5.10 Å². The summed E-state index contributed by atoms with van der Waals surface area (Å²) in [6, 6.07) is 12.1. The summed E-state index contributed by atoms with van der Waals surface area (Å²) in [4.78, 5) is 39.8. The van der Waals surface area contributed by atoms with Crippen molar-refractivity contribution in [2.24, 2.45) is 0 Å². The third-order valence-corrected chi connectivity index (χ3v) is 6.00. The Balaban J connectivity index is 1.39. The molecule has 0 unspecified atom stereocenters. The summed E-state index contributed by atoms with van der Waals surface area (Å²) in [6.07, 6.45) is 3.91. The smallest absolute Gasteiger partial charge is 0.305 e. The molecule has 0 spiro atoms. The summed E-state index contributed by atoms with van der Waals surface area (Å²) >= 11 is 6.12. The van der Waals surface area contributed by atoms with Gasteiger partial charge in [-0.05, 0) is 53.6 Å². The number of esters is 1. The molecule has 4 rings (SSSR count). The van der Waals surface area contributed by atoms with Crippen LogP contribution in [-0.2, 0) is 14.3 Å². The van der Waals surface area contributed by atoms with Crippen LogP contribution in [0.1, 0.15) is 49.0 Å². The first kappa shape index (κ1) is 25.8. The lowest BCUT2D eigenvalue weighted by molar-refractivity contribution is -0.140. The number of H-pyrrole nitrogens is 2. The Bertz CT molecular complexity index is 1400. The van der Waals surface area contributed by atoms with E-state index >= 15 is 0 Å². The second-order valence-electron chi connectivity index (χ2n) is 8.39. The number of aromatic amines is 2. The van der Waals surface area contributed by atoms with Crippen LogP contribution in [0, 0.1) is 0 Å². The molecular formula is C25H26ClN7O4. The van der Waals surface area contributed by atoms with Gasteiger partial charge < -0.3 is 20.4 Å². The van der Waals surface area contributed by atoms with E-state index in [9.17, 15) is 14.4 Å². The minimum Gasteiger partial charge on any atom is -0.469 e. The number of ether oxygens (including phenoxy) is 1. The summed E-state index contributed by atoms with van der Waals surface area (Å²) in [5, 5.41) is 20.7. The van der Waals surface area contributed by atoms with Gasteiger partial charge in [0.05, 0.1) is 24.0 Å². The van der Waals surface area contributed by atoms with E-state index < -0.39 is 0 Å². The molecule has 2 aromatic heterocycles. The zero-order valence-electron chi connectivity index (χ0n) is 20.1. The molecule has 0 radical (unpaired) electrons. The summed E-state index contributed by atoms with van der Waals surface area (Å²) in [6.45, 7) is 0. The molecule has 0 saturated heterocycles. The van der Waals surface area contributed by atoms with E-state index in [0.29, 0.717) is 58.3 Å². The lowest BCUT2D eigenvalue weighted by Crippen LogP contribution is -2.13. The number of rotatable bonds is 11. The molecule has 37 heavy (non-hydrogen) atoms. The first-order valence-electron chi connectivity index (χ1n) is 11.8. The molecule has 4 aromatic rings. The number of carbonyl (C=O) groups excluding carboxylic acids is 3. The quantitative estimate of drug-likeness (QED) is 0.164. The molecule has 2 aromatic carbocycles. The fraction of sp³-hybridized carbons (Fsp3) is 0.280. The number of aromatic nitrogens is 5. The first-order valence-corrected chi connectivity index (χ1v) is 12.2. The number of amides is 2. The normalized spacial score (nSPS) is 10.9. The standard InChI is InChI=1S/C25H26ClN7O4/c1-37-22(35)10-5-3-2-4-9-21(34)27-19-8-6-7-15-13-20(28-23(15)19)25(36)29-18-12-11-16(26)14-17(18)24-30-32-33-31-24/h6-8,11-14,28H,2-5,9-10H2,1H3,(H,27,34)(H,29,36)(H,30,31,32,33). The number of methoxy groups -OCH3 is 1. The van der Waals surface area contributed by atoms with Crippen molar-refractivity contribution in [2.75, 3.05) is 17.7 Å². The Morgan fingerprint density at radius 1 is 0.973 bits per heavy atom. The highest BCUT2D eigenvalue weighted by molar-refractivity contribution is 6.31. The SMILES string of the molecule is COC(=O)CCCCCCC(=O)Nc1cccc2cc(C(=O)Nc3ccc(Cl)cc3-c3nnn[nH]3)[nH]c12. The fourth-order valence-corrected chi connectivity index (χ4v) is 4.06. The number of anilines is 2. The number of para-hydroxylation sites is 1. The van der Waals surface area contributed by atoms with Crippen LogP contribution >= 0.6 is 11.6 Å². The molecule has 0 atom stereocenters. The van der Waals surface area contributed by atoms with Crippen molar-refractivity contribution in [2.45, 2.75) is 38.5 Å². The van der Waals surface area contributed by atoms with E-state index in [4.69, 9.17) is 11.6 Å². The maximum Gasteiger partial charge on any atom is 0.305 e. The number of benzene rings is 2. The van der Waals surface area contributed by atoms with Gasteiger partial charge in [-0.2, -0.15) is 0 Å². The number of unbranched alkanes of at least 4 members (excludes halogenated alkanes) is 3. The van der Waals surface area contributed by atoms with Crippen molar-refractivity contribution in [3.8, 4) is 11.4 Å². The van der Waals surface area contributed by atoms with Gasteiger partial charge in [-0.25, -0.2) is 5.10 Å². The van der Waals surface area contributed by atoms with Crippen LogP contribution in [0.15, 0.2) is 42.5 Å². The highest BCUT2D eigenvalue weighted by Crippen LogP contribution is 2.29. The summed E-state index contributed by atoms with van der Waals surface area (Å²) < 4.78 is 4.62. The lowest BCUT2D eigenvalue weighted by atomic mass is 10.1. The van der Waals surface area contributed by atoms with Gasteiger partial charge in [0.25, 0.3) is 5.91 Å². The topological polar surface area (TPSA) is 155 Å². The van der Waals surface area contributed by atoms with Gasteiger partial charge in [0.1, 0.15) is 5.69 Å².